The van der Waals surface area contributed by atoms with Crippen molar-refractivity contribution in [2.24, 2.45) is 0 Å². The molecule has 0 radical (unpaired) electrons. The summed E-state index contributed by atoms with van der Waals surface area (Å²) in [6.45, 7) is 2.21. The van der Waals surface area contributed by atoms with Crippen molar-refractivity contribution < 1.29 is 19.2 Å². The molecule has 0 amide bonds. The first-order valence-electron chi connectivity index (χ1n) is 3.19. The molecule has 0 aromatic carbocycles. The van der Waals surface area contributed by atoms with Gasteiger partial charge in [-0.3, -0.25) is 0 Å². The van der Waals surface area contributed by atoms with E-state index in [2.05, 4.69) is 22.9 Å². The Hall–Kier alpha value is 1.59. The molecular weight excluding hydrogens is 246 g/mol. The van der Waals surface area contributed by atoms with E-state index in [-0.39, 0.29) is 0 Å². The van der Waals surface area contributed by atoms with Crippen molar-refractivity contribution in [3.8, 4) is 0 Å². The Morgan fingerprint density at radius 2 is 1.82 bits per heavy atom. The summed E-state index contributed by atoms with van der Waals surface area (Å²) in [4.78, 5) is 21.6. The molecule has 0 saturated heterocycles. The molecule has 4 nitrogen and oxygen atoms in total. The maximum atomic E-state index is 8.88. The van der Waals surface area contributed by atoms with Crippen LogP contribution in [-0.2, 0) is 4.57 Å². The second-order valence-corrected chi connectivity index (χ2v) is 7.76. The monoisotopic (exact) mass is 256 g/mol. The summed E-state index contributed by atoms with van der Waals surface area (Å²) < 4.78 is 9.73. The van der Waals surface area contributed by atoms with Crippen LogP contribution in [0.4, 0.5) is 0 Å². The van der Waals surface area contributed by atoms with Crippen molar-refractivity contribution in [2.45, 2.75) is 21.8 Å². The number of phosphoric acid groups is 1. The molecule has 0 fully saturated rings. The van der Waals surface area contributed by atoms with Gasteiger partial charge in [-0.15, -0.1) is 0 Å². The maximum absolute atomic E-state index is 8.88. The van der Waals surface area contributed by atoms with Gasteiger partial charge >= 0.3 is 73.5 Å². The molecule has 0 heterocycles. The second kappa shape index (κ2) is 8.20. The average molecular weight is 257 g/mol. The Morgan fingerprint density at radius 3 is 1.82 bits per heavy atom. The molecule has 1 unspecified atom stereocenters. The minimum absolute atomic E-state index is 0.850. The summed E-state index contributed by atoms with van der Waals surface area (Å²) in [7, 11) is -4.64. The van der Waals surface area contributed by atoms with Crippen LogP contribution in [0.5, 0.6) is 0 Å². The van der Waals surface area contributed by atoms with Crippen molar-refractivity contribution in [2.75, 3.05) is 0 Å². The third-order valence-corrected chi connectivity index (χ3v) is 1.72. The van der Waals surface area contributed by atoms with Crippen molar-refractivity contribution in [1.29, 1.82) is 0 Å². The van der Waals surface area contributed by atoms with E-state index < -0.39 is 7.82 Å². The van der Waals surface area contributed by atoms with Gasteiger partial charge in [0.2, 0.25) is 0 Å². The van der Waals surface area contributed by atoms with Gasteiger partial charge in [0.1, 0.15) is 0 Å². The first-order chi connectivity index (χ1) is 4.77. The van der Waals surface area contributed by atoms with Crippen molar-refractivity contribution >= 4 is 51.7 Å². The van der Waals surface area contributed by atoms with Crippen molar-refractivity contribution in [3.63, 3.8) is 0 Å². The van der Waals surface area contributed by atoms with Gasteiger partial charge in [0.25, 0.3) is 0 Å². The SMILES string of the molecule is CCC[CH]([Na])Br.O=P(O)(O)O. The summed E-state index contributed by atoms with van der Waals surface area (Å²) in [6, 6.07) is 0. The second-order valence-electron chi connectivity index (χ2n) is 2.08. The Balaban J connectivity index is 0. The third-order valence-electron chi connectivity index (χ3n) is 0.686. The summed E-state index contributed by atoms with van der Waals surface area (Å²) in [5, 5.41) is 0. The number of hydrogen-bond acceptors (Lipinski definition) is 1. The zero-order valence-corrected chi connectivity index (χ0v) is 11.0. The molecule has 0 aliphatic heterocycles. The average Bonchev–Trinajstić information content (AvgIpc) is 1.58. The Morgan fingerprint density at radius 1 is 1.55 bits per heavy atom. The van der Waals surface area contributed by atoms with E-state index in [4.69, 9.17) is 19.2 Å². The van der Waals surface area contributed by atoms with Crippen molar-refractivity contribution in [1.82, 2.24) is 0 Å². The molecule has 7 heteroatoms. The topological polar surface area (TPSA) is 77.8 Å². The molecule has 11 heavy (non-hydrogen) atoms. The predicted molar refractivity (Wildman–Crippen MR) is 47.6 cm³/mol. The molecule has 0 aliphatic rings. The molecular formula is C4H11BrNaO4P. The number of halogens is 1. The van der Waals surface area contributed by atoms with Crippen LogP contribution in [-0.4, -0.2) is 44.7 Å². The van der Waals surface area contributed by atoms with Gasteiger partial charge in [-0.05, 0) is 0 Å². The third kappa shape index (κ3) is 50.6. The van der Waals surface area contributed by atoms with E-state index in [1.54, 1.807) is 0 Å². The Kier molecular flexibility index (Phi) is 11.2. The van der Waals surface area contributed by atoms with Gasteiger partial charge in [0.15, 0.2) is 0 Å². The predicted octanol–water partition coefficient (Wildman–Crippen LogP) is 0.747. The van der Waals surface area contributed by atoms with Gasteiger partial charge in [0.05, 0.1) is 0 Å². The van der Waals surface area contributed by atoms with Crippen LogP contribution >= 0.6 is 23.8 Å². The minimum Gasteiger partial charge on any atom is -0.303 e. The van der Waals surface area contributed by atoms with Crippen LogP contribution in [0.25, 0.3) is 0 Å². The molecule has 1 atom stereocenters. The largest absolute Gasteiger partial charge is 0.466 e. The van der Waals surface area contributed by atoms with E-state index >= 15 is 0 Å². The Labute approximate surface area is 92.2 Å². The standard InChI is InChI=1S/C4H8Br.Na.H3O4P/c1-2-3-4-5;;1-5(2,3)4/h4H,2-3H2,1H3;;(H3,1,2,3,4). The maximum Gasteiger partial charge on any atom is 0.466 e. The molecule has 0 aliphatic carbocycles. The molecule has 0 spiro atoms. The molecule has 0 aromatic rings. The normalized spacial score (nSPS) is 13.4. The van der Waals surface area contributed by atoms with Gasteiger partial charge < -0.3 is 14.7 Å². The fraction of sp³-hybridized carbons (Fsp3) is 1.00. The summed E-state index contributed by atoms with van der Waals surface area (Å²) >= 11 is 4.79. The zero-order valence-electron chi connectivity index (χ0n) is 6.57. The van der Waals surface area contributed by atoms with Crippen molar-refractivity contribution in [3.05, 3.63) is 0 Å². The van der Waals surface area contributed by atoms with E-state index in [0.717, 1.165) is 2.08 Å². The van der Waals surface area contributed by atoms with E-state index in [1.165, 1.54) is 40.8 Å². The molecule has 3 N–H and O–H groups in total. The van der Waals surface area contributed by atoms with E-state index in [0.29, 0.717) is 0 Å². The molecule has 0 saturated carbocycles. The molecule has 0 aromatic heterocycles. The fourth-order valence-corrected chi connectivity index (χ4v) is 1.43. The first-order valence-corrected chi connectivity index (χ1v) is 6.83. The number of alkyl halides is 1. The van der Waals surface area contributed by atoms with Gasteiger partial charge in [0, 0.05) is 0 Å². The molecule has 0 rings (SSSR count). The van der Waals surface area contributed by atoms with Gasteiger partial charge in [-0.2, -0.15) is 0 Å². The fourth-order valence-electron chi connectivity index (χ4n) is 0.398. The van der Waals surface area contributed by atoms with Crippen LogP contribution in [0, 0.1) is 0 Å². The summed E-state index contributed by atoms with van der Waals surface area (Å²) in [6.07, 6.45) is 2.67. The summed E-state index contributed by atoms with van der Waals surface area (Å²) in [5.74, 6) is 0. The van der Waals surface area contributed by atoms with Crippen LogP contribution in [0.2, 0.25) is 0 Å². The smallest absolute Gasteiger partial charge is 0.303 e. The van der Waals surface area contributed by atoms with E-state index in [1.807, 2.05) is 0 Å². The quantitative estimate of drug-likeness (QED) is 0.387. The molecule has 0 bridgehead atoms. The first kappa shape index (κ1) is 15.1. The Bertz CT molecular complexity index is 117. The van der Waals surface area contributed by atoms with Gasteiger partial charge in [-0.1, -0.05) is 0 Å². The van der Waals surface area contributed by atoms with Crippen LogP contribution in [0.3, 0.4) is 0 Å². The van der Waals surface area contributed by atoms with Gasteiger partial charge in [-0.25, -0.2) is 4.57 Å². The summed E-state index contributed by atoms with van der Waals surface area (Å²) in [5.41, 5.74) is 0. The number of hydrogen-bond donors (Lipinski definition) is 3. The van der Waals surface area contributed by atoms with Crippen LogP contribution in [0.1, 0.15) is 19.8 Å². The minimum atomic E-state index is -4.64. The van der Waals surface area contributed by atoms with Crippen LogP contribution in [0.15, 0.2) is 0 Å². The zero-order chi connectivity index (χ0) is 9.49. The van der Waals surface area contributed by atoms with Crippen LogP contribution < -0.4 is 0 Å². The van der Waals surface area contributed by atoms with E-state index in [9.17, 15) is 0 Å². The molecule has 64 valence electrons. The number of rotatable bonds is 2.